The highest BCUT2D eigenvalue weighted by molar-refractivity contribution is 6.06. The first-order valence-electron chi connectivity index (χ1n) is 10.0. The summed E-state index contributed by atoms with van der Waals surface area (Å²) in [5, 5.41) is 7.55. The van der Waals surface area contributed by atoms with Crippen molar-refractivity contribution >= 4 is 17.5 Å². The molecule has 0 fully saturated rings. The van der Waals surface area contributed by atoms with Crippen LogP contribution in [-0.4, -0.2) is 28.7 Å². The Kier molecular flexibility index (Phi) is 5.52. The minimum atomic E-state index is -0.574. The van der Waals surface area contributed by atoms with Gasteiger partial charge in [0.25, 0.3) is 5.91 Å². The second-order valence-electron chi connectivity index (χ2n) is 7.32. The van der Waals surface area contributed by atoms with Crippen molar-refractivity contribution in [2.75, 3.05) is 12.4 Å². The number of ether oxygens (including phenoxy) is 1. The zero-order valence-corrected chi connectivity index (χ0v) is 16.9. The number of carbonyl (C=O) groups excluding carboxylic acids is 2. The standard InChI is InChI=1S/C23H24N4O3/c1-30-20-13-12-15(22(24)28)14-18(20)25-23(29)21-17-10-6-3-7-11-19(17)27(26-21)16-8-4-2-5-9-16/h2,4-5,8-9,12-14H,3,6-7,10-11H2,1H3,(H2,24,28)(H,25,29). The Balaban J connectivity index is 1.74. The van der Waals surface area contributed by atoms with Crippen LogP contribution in [0, 0.1) is 0 Å². The number of benzene rings is 2. The van der Waals surface area contributed by atoms with E-state index in [-0.39, 0.29) is 5.91 Å². The molecule has 7 heteroatoms. The predicted molar refractivity (Wildman–Crippen MR) is 114 cm³/mol. The number of methoxy groups -OCH3 is 1. The van der Waals surface area contributed by atoms with Gasteiger partial charge in [-0.25, -0.2) is 4.68 Å². The van der Waals surface area contributed by atoms with Crippen LogP contribution < -0.4 is 15.8 Å². The van der Waals surface area contributed by atoms with Crippen LogP contribution in [0.15, 0.2) is 48.5 Å². The number of hydrogen-bond acceptors (Lipinski definition) is 4. The summed E-state index contributed by atoms with van der Waals surface area (Å²) in [6.45, 7) is 0. The maximum atomic E-state index is 13.2. The number of nitrogens with one attached hydrogen (secondary N) is 1. The van der Waals surface area contributed by atoms with Crippen LogP contribution >= 0.6 is 0 Å². The molecule has 30 heavy (non-hydrogen) atoms. The molecular weight excluding hydrogens is 380 g/mol. The lowest BCUT2D eigenvalue weighted by Gasteiger charge is -2.11. The van der Waals surface area contributed by atoms with Gasteiger partial charge in [0, 0.05) is 16.8 Å². The van der Waals surface area contributed by atoms with E-state index in [4.69, 9.17) is 10.5 Å². The fraction of sp³-hybridized carbons (Fsp3) is 0.261. The number of nitrogens with zero attached hydrogens (tertiary/aromatic N) is 2. The van der Waals surface area contributed by atoms with Gasteiger partial charge in [-0.3, -0.25) is 9.59 Å². The van der Waals surface area contributed by atoms with E-state index in [1.165, 1.54) is 13.2 Å². The zero-order chi connectivity index (χ0) is 21.1. The summed E-state index contributed by atoms with van der Waals surface area (Å²) >= 11 is 0. The Morgan fingerprint density at radius 2 is 1.83 bits per heavy atom. The predicted octanol–water partition coefficient (Wildman–Crippen LogP) is 3.50. The van der Waals surface area contributed by atoms with E-state index in [9.17, 15) is 9.59 Å². The quantitative estimate of drug-likeness (QED) is 0.636. The number of para-hydroxylation sites is 1. The summed E-state index contributed by atoms with van der Waals surface area (Å²) in [7, 11) is 1.51. The Morgan fingerprint density at radius 1 is 1.07 bits per heavy atom. The first-order chi connectivity index (χ1) is 14.6. The summed E-state index contributed by atoms with van der Waals surface area (Å²) in [4.78, 5) is 24.8. The second-order valence-corrected chi connectivity index (χ2v) is 7.32. The molecule has 0 aliphatic heterocycles. The maximum absolute atomic E-state index is 13.2. The topological polar surface area (TPSA) is 99.2 Å². The van der Waals surface area contributed by atoms with Crippen LogP contribution in [-0.2, 0) is 12.8 Å². The number of rotatable bonds is 5. The summed E-state index contributed by atoms with van der Waals surface area (Å²) in [5.74, 6) is -0.458. The molecule has 1 heterocycles. The highest BCUT2D eigenvalue weighted by Crippen LogP contribution is 2.29. The van der Waals surface area contributed by atoms with Gasteiger partial charge < -0.3 is 15.8 Å². The first kappa shape index (κ1) is 19.7. The van der Waals surface area contributed by atoms with Crippen molar-refractivity contribution in [3.63, 3.8) is 0 Å². The van der Waals surface area contributed by atoms with Gasteiger partial charge in [-0.15, -0.1) is 0 Å². The molecule has 0 spiro atoms. The van der Waals surface area contributed by atoms with Crippen LogP contribution in [0.1, 0.15) is 51.4 Å². The van der Waals surface area contributed by atoms with E-state index in [1.807, 2.05) is 35.0 Å². The molecule has 3 N–H and O–H groups in total. The molecule has 0 unspecified atom stereocenters. The van der Waals surface area contributed by atoms with E-state index in [2.05, 4.69) is 10.4 Å². The Labute approximate surface area is 174 Å². The van der Waals surface area contributed by atoms with Crippen molar-refractivity contribution < 1.29 is 14.3 Å². The molecule has 0 radical (unpaired) electrons. The monoisotopic (exact) mass is 404 g/mol. The van der Waals surface area contributed by atoms with E-state index >= 15 is 0 Å². The Bertz CT molecular complexity index is 1090. The number of nitrogens with two attached hydrogens (primary N) is 1. The van der Waals surface area contributed by atoms with Crippen molar-refractivity contribution in [1.29, 1.82) is 0 Å². The molecule has 154 valence electrons. The van der Waals surface area contributed by atoms with E-state index < -0.39 is 5.91 Å². The van der Waals surface area contributed by atoms with E-state index in [0.29, 0.717) is 22.7 Å². The number of aromatic nitrogens is 2. The smallest absolute Gasteiger partial charge is 0.276 e. The zero-order valence-electron chi connectivity index (χ0n) is 16.9. The molecule has 2 aromatic carbocycles. The van der Waals surface area contributed by atoms with Crippen molar-refractivity contribution in [3.05, 3.63) is 71.0 Å². The number of primary amides is 1. The second kappa shape index (κ2) is 8.41. The average molecular weight is 404 g/mol. The third kappa shape index (κ3) is 3.78. The van der Waals surface area contributed by atoms with Gasteiger partial charge in [-0.2, -0.15) is 5.10 Å². The number of hydrogen-bond donors (Lipinski definition) is 2. The highest BCUT2D eigenvalue weighted by atomic mass is 16.5. The fourth-order valence-corrected chi connectivity index (χ4v) is 3.88. The van der Waals surface area contributed by atoms with Gasteiger partial charge in [0.15, 0.2) is 5.69 Å². The van der Waals surface area contributed by atoms with Crippen LogP contribution in [0.4, 0.5) is 5.69 Å². The highest BCUT2D eigenvalue weighted by Gasteiger charge is 2.25. The fourth-order valence-electron chi connectivity index (χ4n) is 3.88. The normalized spacial score (nSPS) is 13.2. The molecule has 7 nitrogen and oxygen atoms in total. The summed E-state index contributed by atoms with van der Waals surface area (Å²) < 4.78 is 7.21. The van der Waals surface area contributed by atoms with Crippen molar-refractivity contribution in [2.24, 2.45) is 5.73 Å². The minimum Gasteiger partial charge on any atom is -0.495 e. The molecule has 3 aromatic rings. The third-order valence-electron chi connectivity index (χ3n) is 5.38. The molecule has 1 aromatic heterocycles. The number of anilines is 1. The van der Waals surface area contributed by atoms with Gasteiger partial charge in [-0.1, -0.05) is 24.6 Å². The molecular formula is C23H24N4O3. The molecule has 1 aliphatic rings. The van der Waals surface area contributed by atoms with Crippen LogP contribution in [0.3, 0.4) is 0 Å². The Hall–Kier alpha value is -3.61. The SMILES string of the molecule is COc1ccc(C(N)=O)cc1NC(=O)c1nn(-c2ccccc2)c2c1CCCCC2. The summed E-state index contributed by atoms with van der Waals surface area (Å²) in [6.07, 6.45) is 4.91. The van der Waals surface area contributed by atoms with Gasteiger partial charge >= 0.3 is 0 Å². The molecule has 0 bridgehead atoms. The van der Waals surface area contributed by atoms with E-state index in [0.717, 1.165) is 49.0 Å². The summed E-state index contributed by atoms with van der Waals surface area (Å²) in [5.41, 5.74) is 9.47. The number of carbonyl (C=O) groups is 2. The van der Waals surface area contributed by atoms with Crippen molar-refractivity contribution in [3.8, 4) is 11.4 Å². The van der Waals surface area contributed by atoms with Crippen molar-refractivity contribution in [2.45, 2.75) is 32.1 Å². The maximum Gasteiger partial charge on any atom is 0.276 e. The van der Waals surface area contributed by atoms with E-state index in [1.54, 1.807) is 12.1 Å². The Morgan fingerprint density at radius 3 is 2.57 bits per heavy atom. The molecule has 0 atom stereocenters. The number of fused-ring (bicyclic) bond motifs is 1. The minimum absolute atomic E-state index is 0.291. The first-order valence-corrected chi connectivity index (χ1v) is 10.0. The van der Waals surface area contributed by atoms with Crippen molar-refractivity contribution in [1.82, 2.24) is 9.78 Å². The molecule has 0 saturated heterocycles. The van der Waals surface area contributed by atoms with Gasteiger partial charge in [0.2, 0.25) is 5.91 Å². The third-order valence-corrected chi connectivity index (χ3v) is 5.38. The van der Waals surface area contributed by atoms with Crippen LogP contribution in [0.25, 0.3) is 5.69 Å². The lowest BCUT2D eigenvalue weighted by Crippen LogP contribution is -2.17. The lowest BCUT2D eigenvalue weighted by molar-refractivity contribution is 0.0995. The van der Waals surface area contributed by atoms with Gasteiger partial charge in [0.05, 0.1) is 18.5 Å². The summed E-state index contributed by atoms with van der Waals surface area (Å²) in [6, 6.07) is 14.5. The number of amides is 2. The van der Waals surface area contributed by atoms with Crippen LogP contribution in [0.2, 0.25) is 0 Å². The van der Waals surface area contributed by atoms with Gasteiger partial charge in [0.1, 0.15) is 5.75 Å². The molecule has 2 amide bonds. The lowest BCUT2D eigenvalue weighted by atomic mass is 10.1. The molecule has 1 aliphatic carbocycles. The average Bonchev–Trinajstić information content (AvgIpc) is 2.95. The molecule has 4 rings (SSSR count). The molecule has 0 saturated carbocycles. The largest absolute Gasteiger partial charge is 0.495 e. The van der Waals surface area contributed by atoms with Crippen LogP contribution in [0.5, 0.6) is 5.75 Å². The van der Waals surface area contributed by atoms with Gasteiger partial charge in [-0.05, 0) is 56.0 Å².